The number of nitrogens with zero attached hydrogens (tertiary/aromatic N) is 7. The van der Waals surface area contributed by atoms with Crippen molar-refractivity contribution in [3.05, 3.63) is 81.5 Å². The van der Waals surface area contributed by atoms with E-state index in [4.69, 9.17) is 16.6 Å². The Balaban J connectivity index is 1.81. The summed E-state index contributed by atoms with van der Waals surface area (Å²) in [5.74, 6) is -0.228. The zero-order valence-corrected chi connectivity index (χ0v) is 24.2. The quantitative estimate of drug-likeness (QED) is 0.304. The van der Waals surface area contributed by atoms with Gasteiger partial charge in [0.15, 0.2) is 5.65 Å². The highest BCUT2D eigenvalue weighted by Gasteiger charge is 2.30. The molecular formula is C30H31ClFN7O2. The van der Waals surface area contributed by atoms with Crippen LogP contribution in [-0.2, 0) is 11.2 Å². The Hall–Kier alpha value is -4.18. The van der Waals surface area contributed by atoms with Crippen LogP contribution in [0.4, 0.5) is 10.2 Å². The first kappa shape index (κ1) is 28.4. The van der Waals surface area contributed by atoms with E-state index in [2.05, 4.69) is 21.5 Å². The first-order valence-corrected chi connectivity index (χ1v) is 13.9. The van der Waals surface area contributed by atoms with E-state index in [1.165, 1.54) is 23.0 Å². The number of aromatic nitrogens is 5. The van der Waals surface area contributed by atoms with E-state index in [0.29, 0.717) is 54.3 Å². The molecule has 0 saturated carbocycles. The molecule has 3 aromatic heterocycles. The Morgan fingerprint density at radius 3 is 2.68 bits per heavy atom. The van der Waals surface area contributed by atoms with Crippen LogP contribution in [0.5, 0.6) is 0 Å². The van der Waals surface area contributed by atoms with Crippen molar-refractivity contribution in [2.45, 2.75) is 46.6 Å². The van der Waals surface area contributed by atoms with E-state index < -0.39 is 11.5 Å². The number of piperazine rings is 1. The van der Waals surface area contributed by atoms with Gasteiger partial charge in [-0.3, -0.25) is 4.79 Å². The van der Waals surface area contributed by atoms with E-state index >= 15 is 4.39 Å². The van der Waals surface area contributed by atoms with Crippen LogP contribution < -0.4 is 10.6 Å². The summed E-state index contributed by atoms with van der Waals surface area (Å²) in [6.45, 7) is 12.5. The summed E-state index contributed by atoms with van der Waals surface area (Å²) in [4.78, 5) is 48.1. The number of pyridine rings is 1. The van der Waals surface area contributed by atoms with Crippen molar-refractivity contribution in [1.29, 1.82) is 0 Å². The van der Waals surface area contributed by atoms with Crippen molar-refractivity contribution in [2.24, 2.45) is 0 Å². The van der Waals surface area contributed by atoms with Crippen LogP contribution >= 0.6 is 11.6 Å². The maximum atomic E-state index is 15.1. The monoisotopic (exact) mass is 575 g/mol. The van der Waals surface area contributed by atoms with Crippen molar-refractivity contribution < 1.29 is 9.18 Å². The normalized spacial score (nSPS) is 15.4. The number of halogens is 2. The summed E-state index contributed by atoms with van der Waals surface area (Å²) in [7, 11) is 0. The van der Waals surface area contributed by atoms with Crippen molar-refractivity contribution >= 4 is 34.4 Å². The fourth-order valence-electron chi connectivity index (χ4n) is 5.36. The molecule has 1 aliphatic rings. The zero-order chi connectivity index (χ0) is 29.4. The fourth-order valence-corrected chi connectivity index (χ4v) is 5.62. The third-order valence-corrected chi connectivity index (χ3v) is 7.64. The topological polar surface area (TPSA) is 97.1 Å². The first-order valence-electron chi connectivity index (χ1n) is 13.5. The average molecular weight is 576 g/mol. The number of amides is 1. The summed E-state index contributed by atoms with van der Waals surface area (Å²) >= 11 is 6.79. The molecule has 1 amide bonds. The molecule has 1 aliphatic heterocycles. The van der Waals surface area contributed by atoms with Gasteiger partial charge < -0.3 is 9.80 Å². The lowest BCUT2D eigenvalue weighted by atomic mass is 10.1. The molecule has 4 aromatic rings. The molecule has 0 radical (unpaired) electrons. The number of carbonyl (C=O) groups excluding carboxylic acids is 1. The van der Waals surface area contributed by atoms with Crippen LogP contribution in [0.1, 0.15) is 37.2 Å². The molecule has 0 spiro atoms. The molecule has 0 bridgehead atoms. The number of benzene rings is 1. The van der Waals surface area contributed by atoms with Gasteiger partial charge in [-0.1, -0.05) is 43.2 Å². The van der Waals surface area contributed by atoms with E-state index in [9.17, 15) is 9.59 Å². The van der Waals surface area contributed by atoms with Gasteiger partial charge >= 0.3 is 5.69 Å². The Bertz CT molecular complexity index is 1740. The number of anilines is 1. The molecule has 5 rings (SSSR count). The third-order valence-electron chi connectivity index (χ3n) is 7.36. The van der Waals surface area contributed by atoms with Crippen molar-refractivity contribution in [2.75, 3.05) is 24.5 Å². The number of hydrogen-bond acceptors (Lipinski definition) is 7. The van der Waals surface area contributed by atoms with Crippen molar-refractivity contribution in [3.63, 3.8) is 0 Å². The van der Waals surface area contributed by atoms with Gasteiger partial charge in [-0.25, -0.2) is 28.7 Å². The lowest BCUT2D eigenvalue weighted by molar-refractivity contribution is -0.126. The summed E-state index contributed by atoms with van der Waals surface area (Å²) in [5.41, 5.74) is 2.76. The van der Waals surface area contributed by atoms with Crippen LogP contribution in [0.15, 0.2) is 48.0 Å². The number of rotatable bonds is 6. The standard InChI is InChI=1S/C30H31ClFN7O2/c1-6-8-24-27(19(5)33-16-34-24)39-29-21(14-22(31)26(35-29)20-13-17(3)9-10-23(20)32)28(36-30(39)41)38-12-11-37(15-18(38)4)25(40)7-2/h7,9-10,13-14,16,18H,2,6,8,11-12,15H2,1,3-5H3/t18-/m0/s1. The number of carbonyl (C=O) groups is 1. The Morgan fingerprint density at radius 2 is 1.98 bits per heavy atom. The van der Waals surface area contributed by atoms with Gasteiger partial charge in [0.1, 0.15) is 18.0 Å². The summed E-state index contributed by atoms with van der Waals surface area (Å²) in [6, 6.07) is 6.25. The highest BCUT2D eigenvalue weighted by molar-refractivity contribution is 6.33. The van der Waals surface area contributed by atoms with E-state index in [0.717, 1.165) is 12.0 Å². The maximum Gasteiger partial charge on any atom is 0.355 e. The zero-order valence-electron chi connectivity index (χ0n) is 23.5. The van der Waals surface area contributed by atoms with Gasteiger partial charge in [-0.15, -0.1) is 0 Å². The van der Waals surface area contributed by atoms with Crippen LogP contribution in [0.2, 0.25) is 5.02 Å². The molecule has 1 aromatic carbocycles. The largest absolute Gasteiger partial charge is 0.355 e. The minimum atomic E-state index is -0.565. The number of hydrogen-bond donors (Lipinski definition) is 0. The van der Waals surface area contributed by atoms with Gasteiger partial charge in [0.05, 0.1) is 33.2 Å². The average Bonchev–Trinajstić information content (AvgIpc) is 2.94. The first-order chi connectivity index (χ1) is 19.6. The fraction of sp³-hybridized carbons (Fsp3) is 0.333. The Labute approximate surface area is 242 Å². The van der Waals surface area contributed by atoms with Crippen molar-refractivity contribution in [3.8, 4) is 16.9 Å². The minimum absolute atomic E-state index is 0.151. The molecule has 1 atom stereocenters. The molecule has 41 heavy (non-hydrogen) atoms. The molecular weight excluding hydrogens is 545 g/mol. The van der Waals surface area contributed by atoms with Gasteiger partial charge in [-0.2, -0.15) is 4.98 Å². The smallest absolute Gasteiger partial charge is 0.350 e. The second kappa shape index (κ2) is 11.4. The van der Waals surface area contributed by atoms with Gasteiger partial charge in [0.25, 0.3) is 0 Å². The van der Waals surface area contributed by atoms with Gasteiger partial charge in [0, 0.05) is 31.2 Å². The molecule has 0 aliphatic carbocycles. The van der Waals surface area contributed by atoms with Crippen molar-refractivity contribution in [1.82, 2.24) is 29.4 Å². The SMILES string of the molecule is C=CC(=O)N1CCN(c2nc(=O)n(-c3c(C)ncnc3CCC)c3nc(-c4cc(C)ccc4F)c(Cl)cc23)[C@@H](C)C1. The summed E-state index contributed by atoms with van der Waals surface area (Å²) < 4.78 is 16.5. The molecule has 9 nitrogen and oxygen atoms in total. The number of aryl methyl sites for hydroxylation is 3. The molecule has 1 saturated heterocycles. The predicted octanol–water partition coefficient (Wildman–Crippen LogP) is 4.82. The highest BCUT2D eigenvalue weighted by Crippen LogP contribution is 2.36. The summed E-state index contributed by atoms with van der Waals surface area (Å²) in [6.07, 6.45) is 4.18. The molecule has 0 unspecified atom stereocenters. The van der Waals surface area contributed by atoms with Crippen LogP contribution in [0, 0.1) is 19.7 Å². The predicted molar refractivity (Wildman–Crippen MR) is 158 cm³/mol. The molecule has 4 heterocycles. The summed E-state index contributed by atoms with van der Waals surface area (Å²) in [5, 5.41) is 0.741. The minimum Gasteiger partial charge on any atom is -0.350 e. The second-order valence-electron chi connectivity index (χ2n) is 10.3. The molecule has 212 valence electrons. The molecule has 0 N–H and O–H groups in total. The van der Waals surface area contributed by atoms with Crippen LogP contribution in [0.25, 0.3) is 28.0 Å². The Kier molecular flexibility index (Phi) is 7.86. The Morgan fingerprint density at radius 1 is 1.20 bits per heavy atom. The van der Waals surface area contributed by atoms with Crippen LogP contribution in [0.3, 0.4) is 0 Å². The lowest BCUT2D eigenvalue weighted by Crippen LogP contribution is -2.54. The van der Waals surface area contributed by atoms with E-state index in [1.54, 1.807) is 30.0 Å². The number of fused-ring (bicyclic) bond motifs is 1. The van der Waals surface area contributed by atoms with Crippen LogP contribution in [-0.4, -0.2) is 61.0 Å². The molecule has 1 fully saturated rings. The van der Waals surface area contributed by atoms with Gasteiger partial charge in [0.2, 0.25) is 5.91 Å². The third kappa shape index (κ3) is 5.19. The van der Waals surface area contributed by atoms with Gasteiger partial charge in [-0.05, 0) is 51.5 Å². The second-order valence-corrected chi connectivity index (χ2v) is 10.7. The maximum absolute atomic E-state index is 15.1. The highest BCUT2D eigenvalue weighted by atomic mass is 35.5. The van der Waals surface area contributed by atoms with E-state index in [1.807, 2.05) is 25.7 Å². The van der Waals surface area contributed by atoms with E-state index in [-0.39, 0.29) is 33.9 Å². The lowest BCUT2D eigenvalue weighted by Gasteiger charge is -2.40. The molecule has 11 heteroatoms.